The first-order chi connectivity index (χ1) is 15.8. The van der Waals surface area contributed by atoms with Crippen LogP contribution in [0.3, 0.4) is 0 Å². The molecule has 0 aromatic carbocycles. The zero-order valence-electron chi connectivity index (χ0n) is 18.4. The van der Waals surface area contributed by atoms with Gasteiger partial charge in [-0.2, -0.15) is 0 Å². The van der Waals surface area contributed by atoms with E-state index >= 15 is 0 Å². The van der Waals surface area contributed by atoms with Gasteiger partial charge in [-0.1, -0.05) is 0 Å². The molecule has 2 aromatic heterocycles. The first-order valence-electron chi connectivity index (χ1n) is 9.89. The van der Waals surface area contributed by atoms with Crippen LogP contribution in [0.25, 0.3) is 11.3 Å². The summed E-state index contributed by atoms with van der Waals surface area (Å²) < 4.78 is 27.0. The number of nitrogens with zero attached hydrogens (tertiary/aromatic N) is 3. The molecular formula is C21H23N3O8S. The summed E-state index contributed by atoms with van der Waals surface area (Å²) in [4.78, 5) is 47.4. The third-order valence-electron chi connectivity index (χ3n) is 4.40. The highest BCUT2D eigenvalue weighted by molar-refractivity contribution is 7.99. The monoisotopic (exact) mass is 477 g/mol. The molecule has 33 heavy (non-hydrogen) atoms. The third kappa shape index (κ3) is 6.54. The molecule has 1 fully saturated rings. The number of aromatic nitrogens is 3. The Morgan fingerprint density at radius 2 is 1.52 bits per heavy atom. The minimum atomic E-state index is -1.02. The van der Waals surface area contributed by atoms with Gasteiger partial charge in [0, 0.05) is 44.5 Å². The van der Waals surface area contributed by atoms with Gasteiger partial charge >= 0.3 is 23.9 Å². The third-order valence-corrected chi connectivity index (χ3v) is 5.61. The average Bonchev–Trinajstić information content (AvgIpc) is 2.77. The van der Waals surface area contributed by atoms with Crippen molar-refractivity contribution in [2.24, 2.45) is 0 Å². The molecule has 3 heterocycles. The Hall–Kier alpha value is -3.41. The maximum absolute atomic E-state index is 11.7. The highest BCUT2D eigenvalue weighted by atomic mass is 32.2. The Bertz CT molecular complexity index is 986. The SMILES string of the molecule is COc1ncc(-c2ccc(O[C@@H]3SC[C@@H](OC(C)=O)[C@H](OC(C)=O)[C@H]3OC(C)=O)cn2)cn1. The van der Waals surface area contributed by atoms with Crippen molar-refractivity contribution in [3.05, 3.63) is 30.7 Å². The van der Waals surface area contributed by atoms with E-state index in [1.54, 1.807) is 24.5 Å². The quantitative estimate of drug-likeness (QED) is 0.425. The number of carbonyl (C=O) groups is 3. The van der Waals surface area contributed by atoms with Gasteiger partial charge in [-0.3, -0.25) is 19.4 Å². The minimum Gasteiger partial charge on any atom is -0.474 e. The van der Waals surface area contributed by atoms with Crippen molar-refractivity contribution < 1.29 is 38.1 Å². The van der Waals surface area contributed by atoms with Crippen molar-refractivity contribution >= 4 is 29.7 Å². The fourth-order valence-electron chi connectivity index (χ4n) is 3.12. The van der Waals surface area contributed by atoms with Crippen LogP contribution in [0.1, 0.15) is 20.8 Å². The number of esters is 3. The Balaban J connectivity index is 1.78. The summed E-state index contributed by atoms with van der Waals surface area (Å²) >= 11 is 1.26. The van der Waals surface area contributed by atoms with E-state index in [4.69, 9.17) is 23.7 Å². The van der Waals surface area contributed by atoms with E-state index in [2.05, 4.69) is 15.0 Å². The molecule has 0 aliphatic carbocycles. The van der Waals surface area contributed by atoms with Gasteiger partial charge in [0.25, 0.3) is 0 Å². The fraction of sp³-hybridized carbons (Fsp3) is 0.429. The molecule has 0 spiro atoms. The second-order valence-corrected chi connectivity index (χ2v) is 8.08. The number of pyridine rings is 1. The molecule has 12 heteroatoms. The predicted molar refractivity (Wildman–Crippen MR) is 115 cm³/mol. The second-order valence-electron chi connectivity index (χ2n) is 6.95. The van der Waals surface area contributed by atoms with Gasteiger partial charge in [0.1, 0.15) is 5.75 Å². The molecule has 0 saturated carbocycles. The lowest BCUT2D eigenvalue weighted by Gasteiger charge is -2.39. The number of hydrogen-bond acceptors (Lipinski definition) is 12. The van der Waals surface area contributed by atoms with Gasteiger partial charge in [-0.15, -0.1) is 11.8 Å². The van der Waals surface area contributed by atoms with Crippen LogP contribution in [-0.2, 0) is 28.6 Å². The highest BCUT2D eigenvalue weighted by Crippen LogP contribution is 2.34. The first-order valence-corrected chi connectivity index (χ1v) is 10.9. The topological polar surface area (TPSA) is 136 Å². The number of thioether (sulfide) groups is 1. The molecule has 2 aromatic rings. The van der Waals surface area contributed by atoms with Crippen LogP contribution in [0.4, 0.5) is 0 Å². The van der Waals surface area contributed by atoms with Crippen LogP contribution >= 0.6 is 11.8 Å². The van der Waals surface area contributed by atoms with Gasteiger partial charge in [-0.25, -0.2) is 9.97 Å². The van der Waals surface area contributed by atoms with Gasteiger partial charge < -0.3 is 23.7 Å². The van der Waals surface area contributed by atoms with Crippen molar-refractivity contribution in [2.75, 3.05) is 12.9 Å². The minimum absolute atomic E-state index is 0.249. The Morgan fingerprint density at radius 3 is 2.06 bits per heavy atom. The molecule has 1 aliphatic rings. The van der Waals surface area contributed by atoms with E-state index in [0.717, 1.165) is 0 Å². The average molecular weight is 477 g/mol. The summed E-state index contributed by atoms with van der Waals surface area (Å²) in [6, 6.07) is 3.66. The second kappa shape index (κ2) is 10.9. The molecule has 1 aliphatic heterocycles. The van der Waals surface area contributed by atoms with E-state index in [-0.39, 0.29) is 11.8 Å². The van der Waals surface area contributed by atoms with E-state index in [0.29, 0.717) is 17.0 Å². The summed E-state index contributed by atoms with van der Waals surface area (Å²) in [5.41, 5.74) is 0.568. The molecule has 1 saturated heterocycles. The molecule has 4 atom stereocenters. The van der Waals surface area contributed by atoms with E-state index in [1.807, 2.05) is 0 Å². The van der Waals surface area contributed by atoms with Crippen LogP contribution in [0.5, 0.6) is 11.8 Å². The molecule has 0 amide bonds. The molecule has 0 N–H and O–H groups in total. The van der Waals surface area contributed by atoms with E-state index < -0.39 is 41.7 Å². The Labute approximate surface area is 194 Å². The summed E-state index contributed by atoms with van der Waals surface area (Å²) in [6.07, 6.45) is 1.84. The molecule has 0 radical (unpaired) electrons. The molecule has 0 unspecified atom stereocenters. The highest BCUT2D eigenvalue weighted by Gasteiger charge is 2.47. The Kier molecular flexibility index (Phi) is 8.04. The summed E-state index contributed by atoms with van der Waals surface area (Å²) in [5, 5.41) is 0. The maximum Gasteiger partial charge on any atom is 0.316 e. The number of ether oxygens (including phenoxy) is 5. The van der Waals surface area contributed by atoms with Crippen LogP contribution in [0.2, 0.25) is 0 Å². The lowest BCUT2D eigenvalue weighted by Crippen LogP contribution is -2.55. The largest absolute Gasteiger partial charge is 0.474 e. The number of hydrogen-bond donors (Lipinski definition) is 0. The lowest BCUT2D eigenvalue weighted by atomic mass is 10.1. The van der Waals surface area contributed by atoms with Crippen LogP contribution in [0.15, 0.2) is 30.7 Å². The smallest absolute Gasteiger partial charge is 0.316 e. The number of methoxy groups -OCH3 is 1. The van der Waals surface area contributed by atoms with E-state index in [1.165, 1.54) is 45.8 Å². The Morgan fingerprint density at radius 1 is 0.879 bits per heavy atom. The van der Waals surface area contributed by atoms with Crippen molar-refractivity contribution in [3.63, 3.8) is 0 Å². The van der Waals surface area contributed by atoms with Crippen molar-refractivity contribution in [1.82, 2.24) is 15.0 Å². The van der Waals surface area contributed by atoms with Crippen LogP contribution < -0.4 is 9.47 Å². The van der Waals surface area contributed by atoms with Gasteiger partial charge in [0.15, 0.2) is 23.7 Å². The molecule has 3 rings (SSSR count). The first kappa shape index (κ1) is 24.2. The van der Waals surface area contributed by atoms with Crippen molar-refractivity contribution in [1.29, 1.82) is 0 Å². The zero-order chi connectivity index (χ0) is 24.0. The lowest BCUT2D eigenvalue weighted by molar-refractivity contribution is -0.186. The summed E-state index contributed by atoms with van der Waals surface area (Å²) in [5.74, 6) is -1.07. The maximum atomic E-state index is 11.7. The zero-order valence-corrected chi connectivity index (χ0v) is 19.2. The molecule has 176 valence electrons. The fourth-order valence-corrected chi connectivity index (χ4v) is 4.34. The summed E-state index contributed by atoms with van der Waals surface area (Å²) in [7, 11) is 1.48. The van der Waals surface area contributed by atoms with Gasteiger partial charge in [0.05, 0.1) is 19.0 Å². The normalized spacial score (nSPS) is 22.1. The van der Waals surface area contributed by atoms with Crippen LogP contribution in [-0.4, -0.2) is 69.5 Å². The summed E-state index contributed by atoms with van der Waals surface area (Å²) in [6.45, 7) is 3.70. The molecular weight excluding hydrogens is 454 g/mol. The predicted octanol–water partition coefficient (Wildman–Crippen LogP) is 1.79. The molecule has 11 nitrogen and oxygen atoms in total. The van der Waals surface area contributed by atoms with Crippen LogP contribution in [0, 0.1) is 0 Å². The van der Waals surface area contributed by atoms with Crippen molar-refractivity contribution in [3.8, 4) is 23.0 Å². The molecule has 0 bridgehead atoms. The van der Waals surface area contributed by atoms with Gasteiger partial charge in [0.2, 0.25) is 0 Å². The van der Waals surface area contributed by atoms with E-state index in [9.17, 15) is 14.4 Å². The van der Waals surface area contributed by atoms with Gasteiger partial charge in [-0.05, 0) is 12.1 Å². The van der Waals surface area contributed by atoms with Crippen molar-refractivity contribution in [2.45, 2.75) is 44.5 Å². The number of carbonyl (C=O) groups excluding carboxylic acids is 3. The standard InChI is InChI=1S/C21H23N3O8S/c1-11(25)29-17-10-33-20(19(31-13(3)27)18(17)30-12(2)26)32-15-5-6-16(22-9-15)14-7-23-21(28-4)24-8-14/h5-9,17-20H,10H2,1-4H3/t17-,18+,19-,20-/m1/s1. The number of rotatable bonds is 7.